The molecule has 0 radical (unpaired) electrons. The van der Waals surface area contributed by atoms with Gasteiger partial charge in [0.15, 0.2) is 0 Å². The summed E-state index contributed by atoms with van der Waals surface area (Å²) in [5, 5.41) is 24.0. The lowest BCUT2D eigenvalue weighted by Crippen LogP contribution is -2.33. The third-order valence-electron chi connectivity index (χ3n) is 3.76. The summed E-state index contributed by atoms with van der Waals surface area (Å²) in [7, 11) is 0. The first kappa shape index (κ1) is 15.4. The highest BCUT2D eigenvalue weighted by atomic mass is 79.9. The van der Waals surface area contributed by atoms with Gasteiger partial charge < -0.3 is 10.4 Å². The molecule has 1 aliphatic carbocycles. The van der Waals surface area contributed by atoms with Gasteiger partial charge in [0, 0.05) is 29.7 Å². The summed E-state index contributed by atoms with van der Waals surface area (Å²) < 4.78 is 0.709. The van der Waals surface area contributed by atoms with E-state index in [2.05, 4.69) is 21.2 Å². The minimum atomic E-state index is -0.390. The van der Waals surface area contributed by atoms with E-state index in [0.717, 1.165) is 31.4 Å². The van der Waals surface area contributed by atoms with Gasteiger partial charge >= 0.3 is 0 Å². The fourth-order valence-corrected chi connectivity index (χ4v) is 3.20. The predicted molar refractivity (Wildman–Crippen MR) is 80.5 cm³/mol. The van der Waals surface area contributed by atoms with E-state index in [1.807, 2.05) is 6.07 Å². The maximum absolute atomic E-state index is 10.8. The average Bonchev–Trinajstić information content (AvgIpc) is 2.40. The molecule has 2 N–H and O–H groups in total. The number of nitrogens with one attached hydrogen (secondary N) is 1. The largest absolute Gasteiger partial charge is 0.393 e. The Bertz CT molecular complexity index is 481. The molecule has 1 aromatic rings. The van der Waals surface area contributed by atoms with Crippen molar-refractivity contribution in [3.8, 4) is 0 Å². The first-order valence-corrected chi connectivity index (χ1v) is 7.68. The summed E-state index contributed by atoms with van der Waals surface area (Å²) in [4.78, 5) is 10.4. The Kier molecular flexibility index (Phi) is 5.51. The smallest absolute Gasteiger partial charge is 0.270 e. The average molecular weight is 343 g/mol. The Hall–Kier alpha value is -0.980. The molecule has 0 saturated heterocycles. The molecule has 0 amide bonds. The van der Waals surface area contributed by atoms with Crippen molar-refractivity contribution in [3.63, 3.8) is 0 Å². The third kappa shape index (κ3) is 4.26. The lowest BCUT2D eigenvalue weighted by molar-refractivity contribution is -0.385. The summed E-state index contributed by atoms with van der Waals surface area (Å²) >= 11 is 3.29. The standard InChI is InChI=1S/C14H19BrN2O3/c15-12-5-10(6-13(7-12)17(19)20)8-16-9-11-3-1-2-4-14(11)18/h5-7,11,14,16,18H,1-4,8-9H2. The summed E-state index contributed by atoms with van der Waals surface area (Å²) in [6, 6.07) is 4.95. The molecule has 6 heteroatoms. The van der Waals surface area contributed by atoms with Crippen LogP contribution in [0.5, 0.6) is 0 Å². The lowest BCUT2D eigenvalue weighted by atomic mass is 9.86. The quantitative estimate of drug-likeness (QED) is 0.637. The van der Waals surface area contributed by atoms with Crippen LogP contribution in [0, 0.1) is 16.0 Å². The fraction of sp³-hybridized carbons (Fsp3) is 0.571. The maximum Gasteiger partial charge on any atom is 0.270 e. The number of nitro groups is 1. The Morgan fingerprint density at radius 3 is 2.80 bits per heavy atom. The van der Waals surface area contributed by atoms with E-state index in [0.29, 0.717) is 16.9 Å². The van der Waals surface area contributed by atoms with Crippen molar-refractivity contribution in [2.45, 2.75) is 38.3 Å². The first-order chi connectivity index (χ1) is 9.56. The van der Waals surface area contributed by atoms with Gasteiger partial charge in [0.05, 0.1) is 11.0 Å². The SMILES string of the molecule is O=[N+]([O-])c1cc(Br)cc(CNCC2CCCCC2O)c1. The number of hydrogen-bond acceptors (Lipinski definition) is 4. The van der Waals surface area contributed by atoms with E-state index in [-0.39, 0.29) is 16.7 Å². The van der Waals surface area contributed by atoms with Gasteiger partial charge in [0.2, 0.25) is 0 Å². The van der Waals surface area contributed by atoms with Gasteiger partial charge in [-0.25, -0.2) is 0 Å². The van der Waals surface area contributed by atoms with E-state index in [1.54, 1.807) is 6.07 Å². The second kappa shape index (κ2) is 7.15. The van der Waals surface area contributed by atoms with Crippen LogP contribution < -0.4 is 5.32 Å². The molecule has 0 spiro atoms. The van der Waals surface area contributed by atoms with Crippen molar-refractivity contribution >= 4 is 21.6 Å². The first-order valence-electron chi connectivity index (χ1n) is 6.89. The van der Waals surface area contributed by atoms with Crippen LogP contribution in [-0.4, -0.2) is 22.7 Å². The van der Waals surface area contributed by atoms with Crippen LogP contribution in [0.4, 0.5) is 5.69 Å². The van der Waals surface area contributed by atoms with E-state index in [4.69, 9.17) is 0 Å². The van der Waals surface area contributed by atoms with Gasteiger partial charge in [-0.05, 0) is 30.4 Å². The summed E-state index contributed by atoms with van der Waals surface area (Å²) in [6.45, 7) is 1.32. The molecule has 1 saturated carbocycles. The van der Waals surface area contributed by atoms with E-state index >= 15 is 0 Å². The Morgan fingerprint density at radius 2 is 2.10 bits per heavy atom. The zero-order valence-corrected chi connectivity index (χ0v) is 12.8. The van der Waals surface area contributed by atoms with Gasteiger partial charge in [0.25, 0.3) is 5.69 Å². The highest BCUT2D eigenvalue weighted by molar-refractivity contribution is 9.10. The Morgan fingerprint density at radius 1 is 1.35 bits per heavy atom. The second-order valence-electron chi connectivity index (χ2n) is 5.32. The number of aliphatic hydroxyl groups is 1. The molecule has 1 fully saturated rings. The molecule has 2 atom stereocenters. The van der Waals surface area contributed by atoms with E-state index in [1.165, 1.54) is 12.5 Å². The summed E-state index contributed by atoms with van der Waals surface area (Å²) in [6.07, 6.45) is 4.00. The van der Waals surface area contributed by atoms with Crippen LogP contribution in [-0.2, 0) is 6.54 Å². The van der Waals surface area contributed by atoms with Gasteiger partial charge in [-0.15, -0.1) is 0 Å². The number of hydrogen-bond donors (Lipinski definition) is 2. The highest BCUT2D eigenvalue weighted by Crippen LogP contribution is 2.24. The number of rotatable bonds is 5. The van der Waals surface area contributed by atoms with Crippen molar-refractivity contribution in [1.82, 2.24) is 5.32 Å². The summed E-state index contributed by atoms with van der Waals surface area (Å²) in [5.41, 5.74) is 0.963. The fourth-order valence-electron chi connectivity index (χ4n) is 2.67. The Labute approximate surface area is 126 Å². The Balaban J connectivity index is 1.89. The molecule has 0 heterocycles. The molecule has 1 aliphatic rings. The molecule has 1 aromatic carbocycles. The molecule has 0 aliphatic heterocycles. The van der Waals surface area contributed by atoms with Crippen LogP contribution in [0.1, 0.15) is 31.2 Å². The molecule has 2 unspecified atom stereocenters. The van der Waals surface area contributed by atoms with Crippen LogP contribution in [0.3, 0.4) is 0 Å². The molecule has 0 bridgehead atoms. The zero-order chi connectivity index (χ0) is 14.5. The zero-order valence-electron chi connectivity index (χ0n) is 11.2. The number of nitro benzene ring substituents is 1. The predicted octanol–water partition coefficient (Wildman–Crippen LogP) is 3.00. The lowest BCUT2D eigenvalue weighted by Gasteiger charge is -2.27. The highest BCUT2D eigenvalue weighted by Gasteiger charge is 2.22. The molecule has 0 aromatic heterocycles. The topological polar surface area (TPSA) is 75.4 Å². The van der Waals surface area contributed by atoms with Gasteiger partial charge in [0.1, 0.15) is 0 Å². The van der Waals surface area contributed by atoms with Crippen LogP contribution in [0.2, 0.25) is 0 Å². The van der Waals surface area contributed by atoms with Crippen molar-refractivity contribution in [2.75, 3.05) is 6.54 Å². The van der Waals surface area contributed by atoms with Crippen LogP contribution in [0.15, 0.2) is 22.7 Å². The number of nitrogens with zero attached hydrogens (tertiary/aromatic N) is 1. The second-order valence-corrected chi connectivity index (χ2v) is 6.23. The molecular formula is C14H19BrN2O3. The van der Waals surface area contributed by atoms with Crippen molar-refractivity contribution in [1.29, 1.82) is 0 Å². The maximum atomic E-state index is 10.8. The van der Waals surface area contributed by atoms with Gasteiger partial charge in [-0.1, -0.05) is 28.8 Å². The molecule has 20 heavy (non-hydrogen) atoms. The van der Waals surface area contributed by atoms with Crippen LogP contribution in [0.25, 0.3) is 0 Å². The number of halogens is 1. The van der Waals surface area contributed by atoms with E-state index < -0.39 is 0 Å². The summed E-state index contributed by atoms with van der Waals surface area (Å²) in [5.74, 6) is 0.297. The third-order valence-corrected chi connectivity index (χ3v) is 4.22. The van der Waals surface area contributed by atoms with Gasteiger partial charge in [-0.3, -0.25) is 10.1 Å². The minimum Gasteiger partial charge on any atom is -0.393 e. The number of non-ortho nitro benzene ring substituents is 1. The molecule has 2 rings (SSSR count). The number of benzene rings is 1. The molecule has 5 nitrogen and oxygen atoms in total. The van der Waals surface area contributed by atoms with Gasteiger partial charge in [-0.2, -0.15) is 0 Å². The van der Waals surface area contributed by atoms with Crippen LogP contribution >= 0.6 is 15.9 Å². The normalized spacial score (nSPS) is 22.7. The van der Waals surface area contributed by atoms with E-state index in [9.17, 15) is 15.2 Å². The molecule has 110 valence electrons. The number of aliphatic hydroxyl groups excluding tert-OH is 1. The monoisotopic (exact) mass is 342 g/mol. The van der Waals surface area contributed by atoms with Crippen molar-refractivity contribution in [2.24, 2.45) is 5.92 Å². The molecular weight excluding hydrogens is 324 g/mol. The minimum absolute atomic E-state index is 0.0916. The van der Waals surface area contributed by atoms with Crippen molar-refractivity contribution in [3.05, 3.63) is 38.3 Å². The van der Waals surface area contributed by atoms with Crippen molar-refractivity contribution < 1.29 is 10.0 Å².